The van der Waals surface area contributed by atoms with Gasteiger partial charge in [-0.25, -0.2) is 0 Å². The van der Waals surface area contributed by atoms with Gasteiger partial charge in [0, 0.05) is 0 Å². The Balaban J connectivity index is 2.25. The standard InChI is InChI=1S/C11H16O2/c1-10(2)5-6-11(12,8-10)9-4-3-7-13-9/h3-4,7,12H,5-6,8H2,1-2H3. The topological polar surface area (TPSA) is 33.4 Å². The van der Waals surface area contributed by atoms with Gasteiger partial charge in [-0.2, -0.15) is 0 Å². The molecule has 2 rings (SSSR count). The van der Waals surface area contributed by atoms with E-state index in [9.17, 15) is 5.11 Å². The number of furan rings is 1. The Hall–Kier alpha value is -0.760. The lowest BCUT2D eigenvalue weighted by Crippen LogP contribution is -2.22. The molecule has 1 atom stereocenters. The van der Waals surface area contributed by atoms with E-state index in [2.05, 4.69) is 13.8 Å². The Morgan fingerprint density at radius 2 is 2.15 bits per heavy atom. The van der Waals surface area contributed by atoms with Crippen molar-refractivity contribution < 1.29 is 9.52 Å². The molecule has 13 heavy (non-hydrogen) atoms. The summed E-state index contributed by atoms with van der Waals surface area (Å²) in [6.45, 7) is 4.38. The lowest BCUT2D eigenvalue weighted by molar-refractivity contribution is 0.0124. The second-order valence-corrected chi connectivity index (χ2v) is 4.85. The van der Waals surface area contributed by atoms with Crippen molar-refractivity contribution in [1.29, 1.82) is 0 Å². The molecule has 0 aromatic carbocycles. The molecule has 1 saturated carbocycles. The van der Waals surface area contributed by atoms with Crippen LogP contribution in [0.4, 0.5) is 0 Å². The predicted molar refractivity (Wildman–Crippen MR) is 50.2 cm³/mol. The first-order valence-electron chi connectivity index (χ1n) is 4.78. The minimum absolute atomic E-state index is 0.238. The van der Waals surface area contributed by atoms with Gasteiger partial charge in [0.05, 0.1) is 6.26 Å². The van der Waals surface area contributed by atoms with Crippen LogP contribution in [0.25, 0.3) is 0 Å². The molecule has 1 aliphatic carbocycles. The molecule has 1 unspecified atom stereocenters. The maximum atomic E-state index is 10.3. The SMILES string of the molecule is CC1(C)CCC(O)(c2ccco2)C1. The van der Waals surface area contributed by atoms with E-state index < -0.39 is 5.60 Å². The molecule has 2 nitrogen and oxygen atoms in total. The van der Waals surface area contributed by atoms with E-state index in [1.165, 1.54) is 0 Å². The van der Waals surface area contributed by atoms with E-state index >= 15 is 0 Å². The summed E-state index contributed by atoms with van der Waals surface area (Å²) >= 11 is 0. The maximum Gasteiger partial charge on any atom is 0.135 e. The summed E-state index contributed by atoms with van der Waals surface area (Å²) in [6, 6.07) is 3.69. The van der Waals surface area contributed by atoms with Gasteiger partial charge in [-0.05, 0) is 36.8 Å². The fourth-order valence-corrected chi connectivity index (χ4v) is 2.27. The second-order valence-electron chi connectivity index (χ2n) is 4.85. The molecule has 0 bridgehead atoms. The van der Waals surface area contributed by atoms with Crippen LogP contribution in [0.3, 0.4) is 0 Å². The van der Waals surface area contributed by atoms with Gasteiger partial charge in [0.15, 0.2) is 0 Å². The van der Waals surface area contributed by atoms with Crippen LogP contribution in [0, 0.1) is 5.41 Å². The van der Waals surface area contributed by atoms with Crippen LogP contribution < -0.4 is 0 Å². The van der Waals surface area contributed by atoms with E-state index in [1.807, 2.05) is 12.1 Å². The largest absolute Gasteiger partial charge is 0.466 e. The van der Waals surface area contributed by atoms with Crippen molar-refractivity contribution in [3.05, 3.63) is 24.2 Å². The Morgan fingerprint density at radius 3 is 2.62 bits per heavy atom. The first-order chi connectivity index (χ1) is 6.02. The summed E-state index contributed by atoms with van der Waals surface area (Å²) in [5.41, 5.74) is -0.478. The Morgan fingerprint density at radius 1 is 1.38 bits per heavy atom. The third kappa shape index (κ3) is 1.51. The molecule has 0 saturated heterocycles. The average Bonchev–Trinajstić information content (AvgIpc) is 2.58. The van der Waals surface area contributed by atoms with Gasteiger partial charge in [0.25, 0.3) is 0 Å². The monoisotopic (exact) mass is 180 g/mol. The zero-order chi connectivity index (χ0) is 9.53. The fourth-order valence-electron chi connectivity index (χ4n) is 2.27. The summed E-state index contributed by atoms with van der Waals surface area (Å²) in [5.74, 6) is 0.720. The third-order valence-corrected chi connectivity index (χ3v) is 2.97. The molecule has 0 aliphatic heterocycles. The molecule has 1 aliphatic rings. The van der Waals surface area contributed by atoms with Gasteiger partial charge in [0.1, 0.15) is 11.4 Å². The fraction of sp³-hybridized carbons (Fsp3) is 0.636. The van der Waals surface area contributed by atoms with Gasteiger partial charge in [0.2, 0.25) is 0 Å². The lowest BCUT2D eigenvalue weighted by atomic mass is 9.88. The second kappa shape index (κ2) is 2.61. The number of hydrogen-bond acceptors (Lipinski definition) is 2. The van der Waals surface area contributed by atoms with Crippen molar-refractivity contribution >= 4 is 0 Å². The van der Waals surface area contributed by atoms with E-state index in [-0.39, 0.29) is 5.41 Å². The zero-order valence-electron chi connectivity index (χ0n) is 8.21. The first kappa shape index (κ1) is 8.82. The van der Waals surface area contributed by atoms with Gasteiger partial charge < -0.3 is 9.52 Å². The highest BCUT2D eigenvalue weighted by Gasteiger charge is 2.44. The predicted octanol–water partition coefficient (Wildman–Crippen LogP) is 2.68. The normalized spacial score (nSPS) is 32.2. The van der Waals surface area contributed by atoms with Crippen LogP contribution in [0.2, 0.25) is 0 Å². The molecule has 0 radical (unpaired) electrons. The molecule has 1 fully saturated rings. The molecule has 72 valence electrons. The molecule has 1 aromatic heterocycles. The summed E-state index contributed by atoms with van der Waals surface area (Å²) < 4.78 is 5.26. The summed E-state index contributed by atoms with van der Waals surface area (Å²) in [6.07, 6.45) is 4.30. The van der Waals surface area contributed by atoms with Gasteiger partial charge in [-0.1, -0.05) is 13.8 Å². The van der Waals surface area contributed by atoms with Gasteiger partial charge >= 0.3 is 0 Å². The molecule has 0 spiro atoms. The summed E-state index contributed by atoms with van der Waals surface area (Å²) in [4.78, 5) is 0. The Labute approximate surface area is 78.6 Å². The van der Waals surface area contributed by atoms with E-state index in [1.54, 1.807) is 6.26 Å². The Bertz CT molecular complexity index is 287. The number of rotatable bonds is 1. The van der Waals surface area contributed by atoms with Crippen LogP contribution in [0.1, 0.15) is 38.9 Å². The highest BCUT2D eigenvalue weighted by Crippen LogP contribution is 2.48. The smallest absolute Gasteiger partial charge is 0.135 e. The van der Waals surface area contributed by atoms with Gasteiger partial charge in [-0.3, -0.25) is 0 Å². The molecular formula is C11H16O2. The number of hydrogen-bond donors (Lipinski definition) is 1. The molecule has 1 aromatic rings. The highest BCUT2D eigenvalue weighted by molar-refractivity contribution is 5.13. The molecule has 2 heteroatoms. The van der Waals surface area contributed by atoms with Crippen LogP contribution >= 0.6 is 0 Å². The molecular weight excluding hydrogens is 164 g/mol. The summed E-state index contributed by atoms with van der Waals surface area (Å²) in [5, 5.41) is 10.3. The number of aliphatic hydroxyl groups is 1. The first-order valence-corrected chi connectivity index (χ1v) is 4.78. The Kier molecular flexibility index (Phi) is 1.77. The average molecular weight is 180 g/mol. The van der Waals surface area contributed by atoms with Crippen LogP contribution in [0.5, 0.6) is 0 Å². The lowest BCUT2D eigenvalue weighted by Gasteiger charge is -2.22. The molecule has 1 N–H and O–H groups in total. The van der Waals surface area contributed by atoms with Gasteiger partial charge in [-0.15, -0.1) is 0 Å². The van der Waals surface area contributed by atoms with E-state index in [0.717, 1.165) is 25.0 Å². The maximum absolute atomic E-state index is 10.3. The van der Waals surface area contributed by atoms with Crippen molar-refractivity contribution in [3.63, 3.8) is 0 Å². The highest BCUT2D eigenvalue weighted by atomic mass is 16.4. The van der Waals surface area contributed by atoms with Crippen molar-refractivity contribution in [2.45, 2.75) is 38.7 Å². The minimum Gasteiger partial charge on any atom is -0.466 e. The molecule has 1 heterocycles. The van der Waals surface area contributed by atoms with Crippen molar-refractivity contribution in [1.82, 2.24) is 0 Å². The van der Waals surface area contributed by atoms with Crippen molar-refractivity contribution in [2.75, 3.05) is 0 Å². The van der Waals surface area contributed by atoms with Crippen LogP contribution in [-0.2, 0) is 5.60 Å². The zero-order valence-corrected chi connectivity index (χ0v) is 8.21. The third-order valence-electron chi connectivity index (χ3n) is 2.97. The van der Waals surface area contributed by atoms with E-state index in [4.69, 9.17) is 4.42 Å². The molecule has 0 amide bonds. The van der Waals surface area contributed by atoms with Crippen molar-refractivity contribution in [2.24, 2.45) is 5.41 Å². The quantitative estimate of drug-likeness (QED) is 0.720. The summed E-state index contributed by atoms with van der Waals surface area (Å²) in [7, 11) is 0. The van der Waals surface area contributed by atoms with Crippen molar-refractivity contribution in [3.8, 4) is 0 Å². The van der Waals surface area contributed by atoms with Crippen LogP contribution in [0.15, 0.2) is 22.8 Å². The van der Waals surface area contributed by atoms with Crippen LogP contribution in [-0.4, -0.2) is 5.11 Å². The van der Waals surface area contributed by atoms with E-state index in [0.29, 0.717) is 0 Å². The minimum atomic E-state index is -0.715.